The Morgan fingerprint density at radius 2 is 2.60 bits per heavy atom. The maximum Gasteiger partial charge on any atom is 0.146 e. The molecule has 1 aromatic rings. The number of aliphatic hydroxyl groups is 1. The fourth-order valence-corrected chi connectivity index (χ4v) is 0.556. The number of nitrogens with one attached hydrogen (secondary N) is 1. The first-order chi connectivity index (χ1) is 4.67. The second-order valence-electron chi connectivity index (χ2n) is 2.41. The van der Waals surface area contributed by atoms with Gasteiger partial charge in [-0.15, -0.1) is 0 Å². The molecule has 56 valence electrons. The highest BCUT2D eigenvalue weighted by Gasteiger charge is 2.22. The molecular formula is C5H10N4O. The lowest BCUT2D eigenvalue weighted by atomic mass is 10.1. The summed E-state index contributed by atoms with van der Waals surface area (Å²) in [4.78, 5) is 3.81. The average molecular weight is 142 g/mol. The molecule has 0 aromatic carbocycles. The van der Waals surface area contributed by atoms with Crippen LogP contribution in [0.5, 0.6) is 0 Å². The minimum atomic E-state index is -0.809. The Bertz CT molecular complexity index is 193. The summed E-state index contributed by atoms with van der Waals surface area (Å²) in [5, 5.41) is 14.9. The van der Waals surface area contributed by atoms with Gasteiger partial charge in [0.15, 0.2) is 0 Å². The van der Waals surface area contributed by atoms with E-state index in [4.69, 9.17) is 10.8 Å². The van der Waals surface area contributed by atoms with Gasteiger partial charge in [-0.05, 0) is 6.92 Å². The summed E-state index contributed by atoms with van der Waals surface area (Å²) in [7, 11) is 0. The van der Waals surface area contributed by atoms with Crippen molar-refractivity contribution in [3.8, 4) is 0 Å². The quantitative estimate of drug-likeness (QED) is 0.492. The topological polar surface area (TPSA) is 87.8 Å². The molecule has 0 aliphatic carbocycles. The minimum absolute atomic E-state index is 0.151. The van der Waals surface area contributed by atoms with Crippen LogP contribution in [0.2, 0.25) is 0 Å². The molecule has 1 aromatic heterocycles. The van der Waals surface area contributed by atoms with E-state index in [1.165, 1.54) is 6.33 Å². The molecule has 0 fully saturated rings. The molecule has 0 spiro atoms. The molecular weight excluding hydrogens is 132 g/mol. The minimum Gasteiger partial charge on any atom is -0.394 e. The van der Waals surface area contributed by atoms with Crippen molar-refractivity contribution >= 4 is 0 Å². The molecule has 0 aliphatic heterocycles. The van der Waals surface area contributed by atoms with Gasteiger partial charge in [0.1, 0.15) is 12.2 Å². The van der Waals surface area contributed by atoms with E-state index in [0.717, 1.165) is 0 Å². The lowest BCUT2D eigenvalue weighted by molar-refractivity contribution is 0.203. The Balaban J connectivity index is 2.85. The summed E-state index contributed by atoms with van der Waals surface area (Å²) < 4.78 is 0. The predicted octanol–water partition coefficient (Wildman–Crippen LogP) is -1.03. The number of aliphatic hydroxyl groups excluding tert-OH is 1. The van der Waals surface area contributed by atoms with E-state index in [2.05, 4.69) is 15.2 Å². The molecule has 0 radical (unpaired) electrons. The number of aromatic amines is 1. The van der Waals surface area contributed by atoms with E-state index in [1.807, 2.05) is 0 Å². The summed E-state index contributed by atoms with van der Waals surface area (Å²) in [6, 6.07) is 0. The van der Waals surface area contributed by atoms with Gasteiger partial charge in [0.05, 0.1) is 12.1 Å². The predicted molar refractivity (Wildman–Crippen MR) is 35.0 cm³/mol. The van der Waals surface area contributed by atoms with Crippen LogP contribution in [0, 0.1) is 0 Å². The monoisotopic (exact) mass is 142 g/mol. The van der Waals surface area contributed by atoms with Gasteiger partial charge in [0.25, 0.3) is 0 Å². The highest BCUT2D eigenvalue weighted by molar-refractivity contribution is 4.99. The fourth-order valence-electron chi connectivity index (χ4n) is 0.556. The molecule has 0 saturated carbocycles. The van der Waals surface area contributed by atoms with Crippen molar-refractivity contribution in [2.45, 2.75) is 12.5 Å². The SMILES string of the molecule is CC(N)(CO)c1ncn[nH]1. The lowest BCUT2D eigenvalue weighted by Crippen LogP contribution is -2.38. The van der Waals surface area contributed by atoms with E-state index in [9.17, 15) is 0 Å². The van der Waals surface area contributed by atoms with Crippen LogP contribution in [0.15, 0.2) is 6.33 Å². The molecule has 4 N–H and O–H groups in total. The lowest BCUT2D eigenvalue weighted by Gasteiger charge is -2.17. The zero-order valence-electron chi connectivity index (χ0n) is 5.70. The van der Waals surface area contributed by atoms with Crippen molar-refractivity contribution in [2.24, 2.45) is 5.73 Å². The number of rotatable bonds is 2. The zero-order valence-corrected chi connectivity index (χ0v) is 5.70. The number of nitrogens with two attached hydrogens (primary N) is 1. The van der Waals surface area contributed by atoms with Crippen molar-refractivity contribution in [3.63, 3.8) is 0 Å². The van der Waals surface area contributed by atoms with Gasteiger partial charge < -0.3 is 10.8 Å². The van der Waals surface area contributed by atoms with E-state index in [1.54, 1.807) is 6.92 Å². The van der Waals surface area contributed by atoms with E-state index in [0.29, 0.717) is 5.82 Å². The molecule has 0 bridgehead atoms. The molecule has 1 unspecified atom stereocenters. The van der Waals surface area contributed by atoms with Crippen LogP contribution in [0.25, 0.3) is 0 Å². The van der Waals surface area contributed by atoms with Crippen LogP contribution >= 0.6 is 0 Å². The molecule has 1 atom stereocenters. The first kappa shape index (κ1) is 7.17. The van der Waals surface area contributed by atoms with Gasteiger partial charge >= 0.3 is 0 Å². The van der Waals surface area contributed by atoms with Crippen LogP contribution in [0.4, 0.5) is 0 Å². The van der Waals surface area contributed by atoms with Gasteiger partial charge in [0, 0.05) is 0 Å². The molecule has 10 heavy (non-hydrogen) atoms. The molecule has 0 amide bonds. The summed E-state index contributed by atoms with van der Waals surface area (Å²) in [5.41, 5.74) is 4.79. The van der Waals surface area contributed by atoms with Crippen molar-refractivity contribution in [1.82, 2.24) is 15.2 Å². The van der Waals surface area contributed by atoms with Crippen LogP contribution < -0.4 is 5.73 Å². The molecule has 0 aliphatic rings. The standard InChI is InChI=1S/C5H10N4O/c1-5(6,2-10)4-7-3-8-9-4/h3,10H,2,6H2,1H3,(H,7,8,9). The molecule has 5 heteroatoms. The van der Waals surface area contributed by atoms with Gasteiger partial charge in [0.2, 0.25) is 0 Å². The first-order valence-electron chi connectivity index (χ1n) is 2.92. The third kappa shape index (κ3) is 1.14. The van der Waals surface area contributed by atoms with Crippen LogP contribution in [0.3, 0.4) is 0 Å². The largest absolute Gasteiger partial charge is 0.394 e. The molecule has 1 rings (SSSR count). The normalized spacial score (nSPS) is 16.7. The Labute approximate surface area is 58.3 Å². The second kappa shape index (κ2) is 2.36. The molecule has 1 heterocycles. The smallest absolute Gasteiger partial charge is 0.146 e. The maximum atomic E-state index is 8.75. The van der Waals surface area contributed by atoms with Gasteiger partial charge in [-0.2, -0.15) is 5.10 Å². The summed E-state index contributed by atoms with van der Waals surface area (Å²) >= 11 is 0. The number of hydrogen-bond acceptors (Lipinski definition) is 4. The third-order valence-electron chi connectivity index (χ3n) is 1.28. The van der Waals surface area contributed by atoms with Crippen molar-refractivity contribution in [2.75, 3.05) is 6.61 Å². The van der Waals surface area contributed by atoms with Crippen molar-refractivity contribution in [3.05, 3.63) is 12.2 Å². The Hall–Kier alpha value is -0.940. The summed E-state index contributed by atoms with van der Waals surface area (Å²) in [6.45, 7) is 1.52. The van der Waals surface area contributed by atoms with Crippen molar-refractivity contribution in [1.29, 1.82) is 0 Å². The van der Waals surface area contributed by atoms with Gasteiger partial charge in [-0.25, -0.2) is 4.98 Å². The Morgan fingerprint density at radius 3 is 3.00 bits per heavy atom. The summed E-state index contributed by atoms with van der Waals surface area (Å²) in [6.07, 6.45) is 1.36. The van der Waals surface area contributed by atoms with E-state index >= 15 is 0 Å². The van der Waals surface area contributed by atoms with Crippen molar-refractivity contribution < 1.29 is 5.11 Å². The number of H-pyrrole nitrogens is 1. The Morgan fingerprint density at radius 1 is 1.90 bits per heavy atom. The Kier molecular flexibility index (Phi) is 1.69. The van der Waals surface area contributed by atoms with Gasteiger partial charge in [-0.3, -0.25) is 5.10 Å². The summed E-state index contributed by atoms with van der Waals surface area (Å²) in [5.74, 6) is 0.495. The number of nitrogens with zero attached hydrogens (tertiary/aromatic N) is 2. The highest BCUT2D eigenvalue weighted by Crippen LogP contribution is 2.09. The van der Waals surface area contributed by atoms with Gasteiger partial charge in [-0.1, -0.05) is 0 Å². The second-order valence-corrected chi connectivity index (χ2v) is 2.41. The van der Waals surface area contributed by atoms with Crippen LogP contribution in [0.1, 0.15) is 12.7 Å². The third-order valence-corrected chi connectivity index (χ3v) is 1.28. The molecule has 5 nitrogen and oxygen atoms in total. The highest BCUT2D eigenvalue weighted by atomic mass is 16.3. The maximum absolute atomic E-state index is 8.75. The fraction of sp³-hybridized carbons (Fsp3) is 0.600. The zero-order chi connectivity index (χ0) is 7.61. The first-order valence-corrected chi connectivity index (χ1v) is 2.92. The number of aromatic nitrogens is 3. The van der Waals surface area contributed by atoms with E-state index in [-0.39, 0.29) is 6.61 Å². The van der Waals surface area contributed by atoms with E-state index < -0.39 is 5.54 Å². The van der Waals surface area contributed by atoms with Crippen LogP contribution in [-0.4, -0.2) is 26.9 Å². The average Bonchev–Trinajstić information content (AvgIpc) is 2.38. The number of hydrogen-bond donors (Lipinski definition) is 3. The molecule has 0 saturated heterocycles. The van der Waals surface area contributed by atoms with Crippen LogP contribution in [-0.2, 0) is 5.54 Å².